The minimum absolute atomic E-state index is 0.159. The Balaban J connectivity index is 1.46. The molecule has 0 radical (unpaired) electrons. The van der Waals surface area contributed by atoms with E-state index in [0.717, 1.165) is 11.1 Å². The fraction of sp³-hybridized carbons (Fsp3) is 0.158. The predicted molar refractivity (Wildman–Crippen MR) is 94.2 cm³/mol. The summed E-state index contributed by atoms with van der Waals surface area (Å²) in [7, 11) is 0. The first-order chi connectivity index (χ1) is 12.6. The number of amides is 1. The van der Waals surface area contributed by atoms with E-state index in [1.165, 1.54) is 0 Å². The summed E-state index contributed by atoms with van der Waals surface area (Å²) in [5.41, 5.74) is 3.06. The Kier molecular flexibility index (Phi) is 3.96. The van der Waals surface area contributed by atoms with Crippen LogP contribution in [-0.2, 0) is 6.54 Å². The van der Waals surface area contributed by atoms with Gasteiger partial charge in [0.05, 0.1) is 5.69 Å². The predicted octanol–water partition coefficient (Wildman–Crippen LogP) is 2.75. The fourth-order valence-corrected chi connectivity index (χ4v) is 2.77. The van der Waals surface area contributed by atoms with E-state index >= 15 is 0 Å². The number of aromatic hydroxyl groups is 1. The molecule has 0 spiro atoms. The molecule has 0 saturated carbocycles. The third-order valence-corrected chi connectivity index (χ3v) is 4.23. The molecule has 0 atom stereocenters. The van der Waals surface area contributed by atoms with Gasteiger partial charge in [0, 0.05) is 12.1 Å². The lowest BCUT2D eigenvalue weighted by atomic mass is 10.1. The number of phenols is 1. The molecule has 1 aromatic heterocycles. The summed E-state index contributed by atoms with van der Waals surface area (Å²) in [6.07, 6.45) is 0. The lowest BCUT2D eigenvalue weighted by molar-refractivity contribution is 0.0946. The van der Waals surface area contributed by atoms with Crippen molar-refractivity contribution in [2.45, 2.75) is 13.5 Å². The van der Waals surface area contributed by atoms with Crippen molar-refractivity contribution in [2.24, 2.45) is 0 Å². The van der Waals surface area contributed by atoms with Gasteiger partial charge in [-0.3, -0.25) is 9.89 Å². The number of rotatable bonds is 4. The normalized spacial score (nSPS) is 12.2. The van der Waals surface area contributed by atoms with E-state index in [2.05, 4.69) is 15.5 Å². The van der Waals surface area contributed by atoms with Gasteiger partial charge in [-0.1, -0.05) is 18.2 Å². The van der Waals surface area contributed by atoms with Crippen LogP contribution in [0.2, 0.25) is 0 Å². The van der Waals surface area contributed by atoms with Gasteiger partial charge in [-0.25, -0.2) is 0 Å². The Morgan fingerprint density at radius 2 is 2.08 bits per heavy atom. The quantitative estimate of drug-likeness (QED) is 0.672. The monoisotopic (exact) mass is 351 g/mol. The number of benzene rings is 2. The van der Waals surface area contributed by atoms with E-state index in [1.807, 2.05) is 37.3 Å². The van der Waals surface area contributed by atoms with E-state index < -0.39 is 0 Å². The minimum atomic E-state index is -0.284. The van der Waals surface area contributed by atoms with Crippen LogP contribution in [0.15, 0.2) is 42.5 Å². The number of H-pyrrole nitrogens is 1. The van der Waals surface area contributed by atoms with Gasteiger partial charge in [-0.05, 0) is 42.3 Å². The molecule has 0 fully saturated rings. The zero-order valence-corrected chi connectivity index (χ0v) is 14.1. The van der Waals surface area contributed by atoms with E-state index in [9.17, 15) is 9.90 Å². The number of fused-ring (bicyclic) bond motifs is 1. The van der Waals surface area contributed by atoms with Crippen molar-refractivity contribution in [3.05, 3.63) is 59.3 Å². The van der Waals surface area contributed by atoms with Crippen molar-refractivity contribution in [3.63, 3.8) is 0 Å². The standard InChI is InChI=1S/C19H17N3O4/c1-11-3-2-4-13(18(11)23)14-8-15(22-21-14)19(24)20-9-12-5-6-16-17(7-12)26-10-25-16/h2-8,23H,9-10H2,1H3,(H,20,24)(H,21,22). The molecule has 4 rings (SSSR count). The van der Waals surface area contributed by atoms with Gasteiger partial charge >= 0.3 is 0 Å². The van der Waals surface area contributed by atoms with Gasteiger partial charge in [-0.15, -0.1) is 0 Å². The average molecular weight is 351 g/mol. The van der Waals surface area contributed by atoms with Gasteiger partial charge in [0.15, 0.2) is 11.5 Å². The average Bonchev–Trinajstić information content (AvgIpc) is 3.30. The van der Waals surface area contributed by atoms with Gasteiger partial charge in [0.25, 0.3) is 5.91 Å². The highest BCUT2D eigenvalue weighted by Gasteiger charge is 2.16. The van der Waals surface area contributed by atoms with E-state index in [0.29, 0.717) is 35.0 Å². The third-order valence-electron chi connectivity index (χ3n) is 4.23. The maximum Gasteiger partial charge on any atom is 0.269 e. The number of nitrogens with zero attached hydrogens (tertiary/aromatic N) is 1. The largest absolute Gasteiger partial charge is 0.507 e. The number of carbonyl (C=O) groups excluding carboxylic acids is 1. The van der Waals surface area contributed by atoms with Crippen molar-refractivity contribution in [1.29, 1.82) is 0 Å². The zero-order valence-electron chi connectivity index (χ0n) is 14.1. The van der Waals surface area contributed by atoms with Crippen LogP contribution >= 0.6 is 0 Å². The van der Waals surface area contributed by atoms with Crippen LogP contribution in [0.1, 0.15) is 21.6 Å². The number of hydrogen-bond donors (Lipinski definition) is 3. The van der Waals surface area contributed by atoms with Gasteiger partial charge in [-0.2, -0.15) is 5.10 Å². The van der Waals surface area contributed by atoms with E-state index in [1.54, 1.807) is 12.1 Å². The van der Waals surface area contributed by atoms with E-state index in [4.69, 9.17) is 9.47 Å². The molecule has 1 aliphatic rings. The van der Waals surface area contributed by atoms with Crippen molar-refractivity contribution >= 4 is 5.91 Å². The van der Waals surface area contributed by atoms with Crippen molar-refractivity contribution < 1.29 is 19.4 Å². The number of nitrogens with one attached hydrogen (secondary N) is 2. The van der Waals surface area contributed by atoms with Gasteiger partial charge in [0.1, 0.15) is 11.4 Å². The van der Waals surface area contributed by atoms with Crippen LogP contribution in [0.25, 0.3) is 11.3 Å². The molecular weight excluding hydrogens is 334 g/mol. The molecule has 3 N–H and O–H groups in total. The summed E-state index contributed by atoms with van der Waals surface area (Å²) in [6.45, 7) is 2.37. The highest BCUT2D eigenvalue weighted by atomic mass is 16.7. The van der Waals surface area contributed by atoms with Crippen LogP contribution in [0, 0.1) is 6.92 Å². The molecule has 1 aliphatic heterocycles. The summed E-state index contributed by atoms with van der Waals surface area (Å²) in [5, 5.41) is 19.8. The molecule has 3 aromatic rings. The summed E-state index contributed by atoms with van der Waals surface area (Å²) < 4.78 is 10.6. The van der Waals surface area contributed by atoms with Crippen LogP contribution in [0.4, 0.5) is 0 Å². The molecule has 2 heterocycles. The van der Waals surface area contributed by atoms with Crippen LogP contribution in [0.3, 0.4) is 0 Å². The van der Waals surface area contributed by atoms with Crippen molar-refractivity contribution in [3.8, 4) is 28.5 Å². The Morgan fingerprint density at radius 3 is 2.96 bits per heavy atom. The second-order valence-electron chi connectivity index (χ2n) is 6.01. The number of ether oxygens (including phenoxy) is 2. The molecule has 0 bridgehead atoms. The first-order valence-electron chi connectivity index (χ1n) is 8.13. The second-order valence-corrected chi connectivity index (χ2v) is 6.01. The topological polar surface area (TPSA) is 96.5 Å². The summed E-state index contributed by atoms with van der Waals surface area (Å²) in [5.74, 6) is 1.26. The molecule has 0 saturated heterocycles. The number of carbonyl (C=O) groups is 1. The molecule has 1 amide bonds. The molecule has 7 nitrogen and oxygen atoms in total. The first-order valence-corrected chi connectivity index (χ1v) is 8.13. The summed E-state index contributed by atoms with van der Waals surface area (Å²) in [4.78, 5) is 12.3. The van der Waals surface area contributed by atoms with Crippen molar-refractivity contribution in [2.75, 3.05) is 6.79 Å². The Hall–Kier alpha value is -3.48. The number of para-hydroxylation sites is 1. The molecule has 0 unspecified atom stereocenters. The minimum Gasteiger partial charge on any atom is -0.507 e. The molecule has 132 valence electrons. The van der Waals surface area contributed by atoms with Crippen LogP contribution in [-0.4, -0.2) is 28.0 Å². The molecule has 0 aliphatic carbocycles. The Labute approximate surface area is 149 Å². The van der Waals surface area contributed by atoms with Gasteiger partial charge in [0.2, 0.25) is 6.79 Å². The highest BCUT2D eigenvalue weighted by molar-refractivity contribution is 5.93. The molecular formula is C19H17N3O4. The number of phenolic OH excluding ortho intramolecular Hbond substituents is 1. The number of hydrogen-bond acceptors (Lipinski definition) is 5. The van der Waals surface area contributed by atoms with Gasteiger partial charge < -0.3 is 19.9 Å². The maximum absolute atomic E-state index is 12.3. The third kappa shape index (κ3) is 2.95. The zero-order chi connectivity index (χ0) is 18.1. The summed E-state index contributed by atoms with van der Waals surface area (Å²) in [6, 6.07) is 12.5. The fourth-order valence-electron chi connectivity index (χ4n) is 2.77. The number of aromatic nitrogens is 2. The lowest BCUT2D eigenvalue weighted by Crippen LogP contribution is -2.23. The number of aryl methyl sites for hydroxylation is 1. The highest BCUT2D eigenvalue weighted by Crippen LogP contribution is 2.32. The lowest BCUT2D eigenvalue weighted by Gasteiger charge is -2.05. The molecule has 26 heavy (non-hydrogen) atoms. The second kappa shape index (κ2) is 6.44. The Morgan fingerprint density at radius 1 is 1.23 bits per heavy atom. The van der Waals surface area contributed by atoms with Crippen molar-refractivity contribution in [1.82, 2.24) is 15.5 Å². The smallest absolute Gasteiger partial charge is 0.269 e. The van der Waals surface area contributed by atoms with Crippen LogP contribution < -0.4 is 14.8 Å². The summed E-state index contributed by atoms with van der Waals surface area (Å²) >= 11 is 0. The first kappa shape index (κ1) is 16.0. The maximum atomic E-state index is 12.3. The molecule has 7 heteroatoms. The number of aromatic amines is 1. The van der Waals surface area contributed by atoms with E-state index in [-0.39, 0.29) is 18.4 Å². The Bertz CT molecular complexity index is 981. The van der Waals surface area contributed by atoms with Crippen LogP contribution in [0.5, 0.6) is 17.2 Å². The molecule has 2 aromatic carbocycles. The SMILES string of the molecule is Cc1cccc(-c2cc(C(=O)NCc3ccc4c(c3)OCO4)[nH]n2)c1O.